The summed E-state index contributed by atoms with van der Waals surface area (Å²) in [5.74, 6) is -10.9. The smallest absolute Gasteiger partial charge is 0.399 e. The average molecular weight is 632 g/mol. The van der Waals surface area contributed by atoms with Gasteiger partial charge in [-0.15, -0.1) is 13.2 Å². The van der Waals surface area contributed by atoms with Gasteiger partial charge in [0.25, 0.3) is 0 Å². The zero-order valence-electron chi connectivity index (χ0n) is 22.8. The molecule has 0 fully saturated rings. The number of rotatable bonds is 6. The van der Waals surface area contributed by atoms with Gasteiger partial charge >= 0.3 is 6.36 Å². The molecule has 0 radical (unpaired) electrons. The molecule has 0 N–H and O–H groups in total. The summed E-state index contributed by atoms with van der Waals surface area (Å²) in [6.45, 7) is 1.02. The van der Waals surface area contributed by atoms with Crippen LogP contribution < -0.4 is 4.74 Å². The minimum absolute atomic E-state index is 0.0942. The minimum atomic E-state index is -5.41. The molecule has 0 aromatic heterocycles. The number of alkyl halides is 3. The monoisotopic (exact) mass is 632 g/mol. The quantitative estimate of drug-likeness (QED) is 0.169. The van der Waals surface area contributed by atoms with Crippen molar-refractivity contribution in [1.29, 1.82) is 0 Å². The van der Waals surface area contributed by atoms with Crippen molar-refractivity contribution in [3.8, 4) is 50.3 Å². The SMILES string of the molecule is C/C(F)=C(\F)c1ccc(-c2ccc(-c3ccc(-c4cc(F)c(-c5cc(F)c(OC(F)(F)F)c(F)c5)c(F)c4)c(F)c3)cc2)cc1. The van der Waals surface area contributed by atoms with Crippen LogP contribution in [0.25, 0.3) is 50.3 Å². The molecular formula is C34H18F10O. The third-order valence-electron chi connectivity index (χ3n) is 6.82. The summed E-state index contributed by atoms with van der Waals surface area (Å²) in [6.07, 6.45) is -5.41. The first-order chi connectivity index (χ1) is 21.2. The molecule has 0 unspecified atom stereocenters. The molecule has 0 aliphatic rings. The van der Waals surface area contributed by atoms with E-state index < -0.39 is 64.0 Å². The van der Waals surface area contributed by atoms with Crippen LogP contribution in [0, 0.1) is 29.1 Å². The van der Waals surface area contributed by atoms with E-state index >= 15 is 13.2 Å². The van der Waals surface area contributed by atoms with E-state index in [0.29, 0.717) is 11.1 Å². The van der Waals surface area contributed by atoms with E-state index in [4.69, 9.17) is 0 Å². The van der Waals surface area contributed by atoms with Gasteiger partial charge in [-0.05, 0) is 70.6 Å². The van der Waals surface area contributed by atoms with Crippen LogP contribution >= 0.6 is 0 Å². The van der Waals surface area contributed by atoms with Crippen LogP contribution in [0.15, 0.2) is 96.8 Å². The number of ether oxygens (including phenoxy) is 1. The lowest BCUT2D eigenvalue weighted by atomic mass is 9.95. The number of hydrogen-bond donors (Lipinski definition) is 0. The van der Waals surface area contributed by atoms with Crippen LogP contribution in [-0.4, -0.2) is 6.36 Å². The first-order valence-corrected chi connectivity index (χ1v) is 13.0. The maximum Gasteiger partial charge on any atom is 0.573 e. The Bertz CT molecular complexity index is 1880. The molecule has 0 heterocycles. The van der Waals surface area contributed by atoms with E-state index in [1.165, 1.54) is 24.3 Å². The predicted molar refractivity (Wildman–Crippen MR) is 149 cm³/mol. The largest absolute Gasteiger partial charge is 0.573 e. The molecule has 230 valence electrons. The maximum absolute atomic E-state index is 15.2. The minimum Gasteiger partial charge on any atom is -0.399 e. The molecule has 0 aliphatic carbocycles. The number of allylic oxidation sites excluding steroid dienone is 1. The zero-order valence-corrected chi connectivity index (χ0v) is 22.8. The van der Waals surface area contributed by atoms with Crippen LogP contribution in [-0.2, 0) is 0 Å². The summed E-state index contributed by atoms with van der Waals surface area (Å²) >= 11 is 0. The van der Waals surface area contributed by atoms with Gasteiger partial charge in [-0.2, -0.15) is 0 Å². The summed E-state index contributed by atoms with van der Waals surface area (Å²) in [5.41, 5.74) is 0.454. The van der Waals surface area contributed by atoms with Gasteiger partial charge in [-0.25, -0.2) is 30.7 Å². The van der Waals surface area contributed by atoms with Gasteiger partial charge in [0.1, 0.15) is 23.3 Å². The van der Waals surface area contributed by atoms with Crippen molar-refractivity contribution >= 4 is 5.83 Å². The summed E-state index contributed by atoms with van der Waals surface area (Å²) in [6, 6.07) is 18.9. The fourth-order valence-corrected chi connectivity index (χ4v) is 4.71. The van der Waals surface area contributed by atoms with Crippen molar-refractivity contribution in [2.45, 2.75) is 13.3 Å². The normalized spacial score (nSPS) is 12.2. The molecule has 5 aromatic carbocycles. The van der Waals surface area contributed by atoms with Gasteiger partial charge in [0.15, 0.2) is 17.5 Å². The average Bonchev–Trinajstić information content (AvgIpc) is 2.98. The Morgan fingerprint density at radius 2 is 0.933 bits per heavy atom. The molecule has 5 rings (SSSR count). The van der Waals surface area contributed by atoms with E-state index in [0.717, 1.165) is 36.2 Å². The van der Waals surface area contributed by atoms with Crippen molar-refractivity contribution in [2.24, 2.45) is 0 Å². The lowest BCUT2D eigenvalue weighted by Crippen LogP contribution is -2.19. The first kappa shape index (κ1) is 31.4. The molecule has 11 heteroatoms. The highest BCUT2D eigenvalue weighted by molar-refractivity contribution is 5.76. The lowest BCUT2D eigenvalue weighted by Gasteiger charge is -2.14. The second kappa shape index (κ2) is 12.1. The van der Waals surface area contributed by atoms with Gasteiger partial charge < -0.3 is 4.74 Å². The van der Waals surface area contributed by atoms with Gasteiger partial charge in [0, 0.05) is 11.1 Å². The summed E-state index contributed by atoms with van der Waals surface area (Å²) in [7, 11) is 0. The zero-order chi connectivity index (χ0) is 32.6. The van der Waals surface area contributed by atoms with Crippen molar-refractivity contribution in [3.05, 3.63) is 131 Å². The fourth-order valence-electron chi connectivity index (χ4n) is 4.71. The molecular weight excluding hydrogens is 614 g/mol. The summed E-state index contributed by atoms with van der Waals surface area (Å²) in [5, 5.41) is 0. The number of benzene rings is 5. The molecule has 45 heavy (non-hydrogen) atoms. The van der Waals surface area contributed by atoms with Gasteiger partial charge in [0.05, 0.1) is 5.56 Å². The van der Waals surface area contributed by atoms with Crippen molar-refractivity contribution in [3.63, 3.8) is 0 Å². The highest BCUT2D eigenvalue weighted by Gasteiger charge is 2.34. The molecule has 0 saturated heterocycles. The Morgan fingerprint density at radius 1 is 0.511 bits per heavy atom. The standard InChI is InChI=1S/C34H18F10O/c1-17(35)32(41)21-8-6-19(7-9-21)18-2-4-20(5-3-18)22-10-11-25(26(36)12-22)23-13-27(37)31(28(38)14-23)24-15-29(39)33(30(40)16-24)45-34(42,43)44/h2-16H,1H3/b32-17+. The molecule has 0 atom stereocenters. The third-order valence-corrected chi connectivity index (χ3v) is 6.82. The molecule has 1 nitrogen and oxygen atoms in total. The topological polar surface area (TPSA) is 9.23 Å². The fraction of sp³-hybridized carbons (Fsp3) is 0.0588. The second-order valence-electron chi connectivity index (χ2n) is 9.83. The van der Waals surface area contributed by atoms with Crippen LogP contribution in [0.3, 0.4) is 0 Å². The van der Waals surface area contributed by atoms with E-state index in [9.17, 15) is 30.7 Å². The van der Waals surface area contributed by atoms with Gasteiger partial charge in [0.2, 0.25) is 5.75 Å². The van der Waals surface area contributed by atoms with E-state index in [2.05, 4.69) is 4.74 Å². The second-order valence-corrected chi connectivity index (χ2v) is 9.83. The molecule has 5 aromatic rings. The Kier molecular flexibility index (Phi) is 8.46. The Hall–Kier alpha value is -5.06. The Labute approximate surface area is 249 Å². The molecule has 0 aliphatic heterocycles. The van der Waals surface area contributed by atoms with E-state index in [1.807, 2.05) is 0 Å². The highest BCUT2D eigenvalue weighted by atomic mass is 19.4. The van der Waals surface area contributed by atoms with Crippen molar-refractivity contribution < 1.29 is 48.6 Å². The number of hydrogen-bond acceptors (Lipinski definition) is 1. The Balaban J connectivity index is 1.40. The van der Waals surface area contributed by atoms with Crippen LogP contribution in [0.2, 0.25) is 0 Å². The van der Waals surface area contributed by atoms with Crippen molar-refractivity contribution in [1.82, 2.24) is 0 Å². The van der Waals surface area contributed by atoms with Crippen LogP contribution in [0.1, 0.15) is 12.5 Å². The molecule has 0 bridgehead atoms. The molecule has 0 saturated carbocycles. The predicted octanol–water partition coefficient (Wildman–Crippen LogP) is 11.6. The van der Waals surface area contributed by atoms with Crippen LogP contribution in [0.5, 0.6) is 5.75 Å². The van der Waals surface area contributed by atoms with E-state index in [-0.39, 0.29) is 28.8 Å². The Morgan fingerprint density at radius 3 is 1.40 bits per heavy atom. The highest BCUT2D eigenvalue weighted by Crippen LogP contribution is 2.37. The first-order valence-electron chi connectivity index (χ1n) is 13.0. The summed E-state index contributed by atoms with van der Waals surface area (Å²) in [4.78, 5) is 0. The lowest BCUT2D eigenvalue weighted by molar-refractivity contribution is -0.276. The summed E-state index contributed by atoms with van der Waals surface area (Å²) < 4.78 is 141. The van der Waals surface area contributed by atoms with Gasteiger partial charge in [-0.1, -0.05) is 60.7 Å². The third kappa shape index (κ3) is 6.72. The maximum atomic E-state index is 15.2. The molecule has 0 spiro atoms. The van der Waals surface area contributed by atoms with Crippen molar-refractivity contribution in [2.75, 3.05) is 0 Å². The van der Waals surface area contributed by atoms with Crippen LogP contribution in [0.4, 0.5) is 43.9 Å². The molecule has 0 amide bonds. The van der Waals surface area contributed by atoms with Gasteiger partial charge in [-0.3, -0.25) is 0 Å². The van der Waals surface area contributed by atoms with E-state index in [1.54, 1.807) is 36.4 Å². The number of halogens is 10.